The van der Waals surface area contributed by atoms with E-state index in [0.29, 0.717) is 17.9 Å². The lowest BCUT2D eigenvalue weighted by atomic mass is 9.84. The number of para-hydroxylation sites is 1. The molecule has 2 unspecified atom stereocenters. The first-order valence-corrected chi connectivity index (χ1v) is 6.38. The molecule has 1 aromatic carbocycles. The van der Waals surface area contributed by atoms with E-state index >= 15 is 0 Å². The van der Waals surface area contributed by atoms with Crippen LogP contribution >= 0.6 is 0 Å². The van der Waals surface area contributed by atoms with Crippen molar-refractivity contribution in [1.29, 1.82) is 0 Å². The molecule has 1 aromatic rings. The third kappa shape index (κ3) is 2.81. The lowest BCUT2D eigenvalue weighted by molar-refractivity contribution is -0.136. The minimum absolute atomic E-state index is 0.143. The molecule has 1 heterocycles. The summed E-state index contributed by atoms with van der Waals surface area (Å²) in [5, 5.41) is 11.6. The molecule has 108 valence electrons. The minimum atomic E-state index is -0.946. The van der Waals surface area contributed by atoms with Crippen LogP contribution in [0.5, 0.6) is 0 Å². The number of hydrogen-bond acceptors (Lipinski definition) is 4. The van der Waals surface area contributed by atoms with Gasteiger partial charge in [0.05, 0.1) is 25.0 Å². The van der Waals surface area contributed by atoms with E-state index in [2.05, 4.69) is 5.32 Å². The van der Waals surface area contributed by atoms with Crippen LogP contribution in [0.4, 0.5) is 5.69 Å². The van der Waals surface area contributed by atoms with Crippen LogP contribution in [0.3, 0.4) is 0 Å². The van der Waals surface area contributed by atoms with Crippen molar-refractivity contribution < 1.29 is 19.4 Å². The molecule has 2 atom stereocenters. The van der Waals surface area contributed by atoms with Crippen LogP contribution in [0.15, 0.2) is 24.3 Å². The Balaban J connectivity index is 2.18. The molecule has 1 aliphatic heterocycles. The average molecular weight is 278 g/mol. The van der Waals surface area contributed by atoms with Gasteiger partial charge in [0.1, 0.15) is 0 Å². The Bertz CT molecular complexity index is 532. The molecule has 1 aliphatic rings. The Morgan fingerprint density at radius 3 is 2.80 bits per heavy atom. The number of amides is 1. The topological polar surface area (TPSA) is 102 Å². The highest BCUT2D eigenvalue weighted by molar-refractivity contribution is 5.97. The van der Waals surface area contributed by atoms with Gasteiger partial charge in [-0.3, -0.25) is 9.59 Å². The van der Waals surface area contributed by atoms with Crippen molar-refractivity contribution in [2.45, 2.75) is 19.4 Å². The maximum Gasteiger partial charge on any atom is 0.307 e. The van der Waals surface area contributed by atoms with Crippen LogP contribution in [0.25, 0.3) is 0 Å². The number of carboxylic acids is 1. The van der Waals surface area contributed by atoms with Crippen LogP contribution in [-0.2, 0) is 20.7 Å². The lowest BCUT2D eigenvalue weighted by Gasteiger charge is -2.26. The second kappa shape index (κ2) is 5.60. The molecule has 2 rings (SSSR count). The van der Waals surface area contributed by atoms with E-state index in [-0.39, 0.29) is 25.0 Å². The van der Waals surface area contributed by atoms with E-state index in [9.17, 15) is 9.59 Å². The molecule has 1 saturated heterocycles. The predicted octanol–water partition coefficient (Wildman–Crippen LogP) is 0.616. The Kier molecular flexibility index (Phi) is 4.06. The number of carbonyl (C=O) groups excluding carboxylic acids is 1. The normalized spacial score (nSPS) is 25.4. The average Bonchev–Trinajstić information content (AvgIpc) is 2.73. The molecule has 6 heteroatoms. The third-order valence-corrected chi connectivity index (χ3v) is 3.64. The Hall–Kier alpha value is -1.92. The first-order chi connectivity index (χ1) is 9.43. The second-order valence-corrected chi connectivity index (χ2v) is 5.22. The van der Waals surface area contributed by atoms with Gasteiger partial charge in [0.2, 0.25) is 5.91 Å². The largest absolute Gasteiger partial charge is 0.481 e. The highest BCUT2D eigenvalue weighted by Crippen LogP contribution is 2.29. The molecular weight excluding hydrogens is 260 g/mol. The van der Waals surface area contributed by atoms with Crippen molar-refractivity contribution in [3.05, 3.63) is 29.8 Å². The van der Waals surface area contributed by atoms with Gasteiger partial charge in [-0.05, 0) is 18.6 Å². The van der Waals surface area contributed by atoms with Crippen molar-refractivity contribution >= 4 is 17.6 Å². The first-order valence-electron chi connectivity index (χ1n) is 6.38. The van der Waals surface area contributed by atoms with Crippen molar-refractivity contribution in [1.82, 2.24) is 0 Å². The summed E-state index contributed by atoms with van der Waals surface area (Å²) in [5.41, 5.74) is 6.17. The van der Waals surface area contributed by atoms with Crippen molar-refractivity contribution in [2.75, 3.05) is 18.5 Å². The first kappa shape index (κ1) is 14.5. The second-order valence-electron chi connectivity index (χ2n) is 5.22. The highest BCUT2D eigenvalue weighted by atomic mass is 16.5. The number of benzene rings is 1. The fraction of sp³-hybridized carbons (Fsp3) is 0.429. The smallest absolute Gasteiger partial charge is 0.307 e. The maximum atomic E-state index is 12.4. The molecule has 1 amide bonds. The number of anilines is 1. The molecule has 0 aromatic heterocycles. The van der Waals surface area contributed by atoms with Crippen LogP contribution in [0.1, 0.15) is 12.5 Å². The molecule has 4 N–H and O–H groups in total. The number of hydrogen-bond donors (Lipinski definition) is 3. The van der Waals surface area contributed by atoms with Gasteiger partial charge in [-0.2, -0.15) is 0 Å². The standard InChI is InChI=1S/C14H18N2O4/c1-14(8-20-7-11(14)15)13(19)16-10-5-3-2-4-9(10)6-12(17)18/h2-5,11H,6-8,15H2,1H3,(H,16,19)(H,17,18). The molecule has 0 bridgehead atoms. The number of aliphatic carboxylic acids is 1. The fourth-order valence-corrected chi connectivity index (χ4v) is 2.15. The molecule has 0 aliphatic carbocycles. The summed E-state index contributed by atoms with van der Waals surface area (Å²) in [6, 6.07) is 6.47. The number of nitrogens with one attached hydrogen (secondary N) is 1. The maximum absolute atomic E-state index is 12.4. The summed E-state index contributed by atoms with van der Waals surface area (Å²) in [7, 11) is 0. The summed E-state index contributed by atoms with van der Waals surface area (Å²) in [4.78, 5) is 23.2. The lowest BCUT2D eigenvalue weighted by Crippen LogP contribution is -2.47. The number of carboxylic acid groups (broad SMARTS) is 1. The molecular formula is C14H18N2O4. The van der Waals surface area contributed by atoms with Gasteiger partial charge in [0.25, 0.3) is 0 Å². The monoisotopic (exact) mass is 278 g/mol. The van der Waals surface area contributed by atoms with E-state index < -0.39 is 11.4 Å². The van der Waals surface area contributed by atoms with Gasteiger partial charge in [0.15, 0.2) is 0 Å². The van der Waals surface area contributed by atoms with E-state index in [1.165, 1.54) is 0 Å². The number of rotatable bonds is 4. The number of carbonyl (C=O) groups is 2. The Morgan fingerprint density at radius 2 is 2.20 bits per heavy atom. The summed E-state index contributed by atoms with van der Waals surface area (Å²) < 4.78 is 5.25. The van der Waals surface area contributed by atoms with E-state index in [1.807, 2.05) is 0 Å². The molecule has 1 fully saturated rings. The highest BCUT2D eigenvalue weighted by Gasteiger charge is 2.44. The van der Waals surface area contributed by atoms with Gasteiger partial charge < -0.3 is 20.9 Å². The molecule has 20 heavy (non-hydrogen) atoms. The van der Waals surface area contributed by atoms with Crippen LogP contribution in [-0.4, -0.2) is 36.2 Å². The minimum Gasteiger partial charge on any atom is -0.481 e. The van der Waals surface area contributed by atoms with Crippen molar-refractivity contribution in [3.63, 3.8) is 0 Å². The number of nitrogens with two attached hydrogens (primary N) is 1. The summed E-state index contributed by atoms with van der Waals surface area (Å²) in [5.74, 6) is -1.20. The van der Waals surface area contributed by atoms with E-state index in [1.54, 1.807) is 31.2 Å². The summed E-state index contributed by atoms with van der Waals surface area (Å²) >= 11 is 0. The van der Waals surface area contributed by atoms with Gasteiger partial charge in [-0.1, -0.05) is 18.2 Å². The number of ether oxygens (including phenoxy) is 1. The van der Waals surface area contributed by atoms with Crippen LogP contribution in [0.2, 0.25) is 0 Å². The zero-order valence-electron chi connectivity index (χ0n) is 11.3. The summed E-state index contributed by atoms with van der Waals surface area (Å²) in [6.45, 7) is 2.36. The van der Waals surface area contributed by atoms with Gasteiger partial charge in [0, 0.05) is 11.7 Å². The van der Waals surface area contributed by atoms with E-state index in [0.717, 1.165) is 0 Å². The summed E-state index contributed by atoms with van der Waals surface area (Å²) in [6.07, 6.45) is -0.143. The van der Waals surface area contributed by atoms with Gasteiger partial charge >= 0.3 is 5.97 Å². The third-order valence-electron chi connectivity index (χ3n) is 3.64. The van der Waals surface area contributed by atoms with Gasteiger partial charge in [-0.15, -0.1) is 0 Å². The van der Waals surface area contributed by atoms with Crippen molar-refractivity contribution in [3.8, 4) is 0 Å². The zero-order chi connectivity index (χ0) is 14.8. The Morgan fingerprint density at radius 1 is 1.50 bits per heavy atom. The quantitative estimate of drug-likeness (QED) is 0.749. The SMILES string of the molecule is CC1(C(=O)Nc2ccccc2CC(=O)O)COCC1N. The Labute approximate surface area is 116 Å². The predicted molar refractivity (Wildman–Crippen MR) is 73.3 cm³/mol. The van der Waals surface area contributed by atoms with E-state index in [4.69, 9.17) is 15.6 Å². The van der Waals surface area contributed by atoms with Crippen LogP contribution in [0, 0.1) is 5.41 Å². The fourth-order valence-electron chi connectivity index (χ4n) is 2.15. The zero-order valence-corrected chi connectivity index (χ0v) is 11.3. The molecule has 0 saturated carbocycles. The molecule has 0 spiro atoms. The molecule has 6 nitrogen and oxygen atoms in total. The van der Waals surface area contributed by atoms with Crippen LogP contribution < -0.4 is 11.1 Å². The van der Waals surface area contributed by atoms with Crippen molar-refractivity contribution in [2.24, 2.45) is 11.1 Å². The van der Waals surface area contributed by atoms with Gasteiger partial charge in [-0.25, -0.2) is 0 Å². The molecule has 0 radical (unpaired) electrons.